The van der Waals surface area contributed by atoms with Crippen LogP contribution in [0.15, 0.2) is 24.3 Å². The van der Waals surface area contributed by atoms with E-state index < -0.39 is 92.3 Å². The fourth-order valence-electron chi connectivity index (χ4n) is 4.45. The van der Waals surface area contributed by atoms with Crippen LogP contribution in [0.1, 0.15) is 27.6 Å². The van der Waals surface area contributed by atoms with Crippen molar-refractivity contribution in [2.45, 2.75) is 68.2 Å². The Labute approximate surface area is 216 Å². The van der Waals surface area contributed by atoms with Gasteiger partial charge >= 0.3 is 5.97 Å². The van der Waals surface area contributed by atoms with Crippen LogP contribution in [0.4, 0.5) is 0 Å². The number of rotatable bonds is 9. The SMILES string of the molecule is COC1OC(CO)C(OC2OC(CO)C(O)C(NC(=O)c3ccccc3C(=O)O)C2O)C(O)C1NC(C)=O. The van der Waals surface area contributed by atoms with Crippen molar-refractivity contribution in [1.82, 2.24) is 10.6 Å². The van der Waals surface area contributed by atoms with E-state index in [2.05, 4.69) is 10.6 Å². The molecule has 2 aliphatic heterocycles. The zero-order valence-corrected chi connectivity index (χ0v) is 20.5. The maximum atomic E-state index is 12.9. The molecule has 0 radical (unpaired) electrons. The van der Waals surface area contributed by atoms with Gasteiger partial charge in [0.1, 0.15) is 42.7 Å². The van der Waals surface area contributed by atoms with Gasteiger partial charge in [0.15, 0.2) is 12.6 Å². The summed E-state index contributed by atoms with van der Waals surface area (Å²) in [5, 5.41) is 66.3. The number of hydrogen-bond donors (Lipinski definition) is 8. The number of methoxy groups -OCH3 is 1. The summed E-state index contributed by atoms with van der Waals surface area (Å²) in [5.41, 5.74) is -0.568. The van der Waals surface area contributed by atoms with E-state index >= 15 is 0 Å². The van der Waals surface area contributed by atoms with Crippen LogP contribution in [0, 0.1) is 0 Å². The number of benzene rings is 1. The van der Waals surface area contributed by atoms with Crippen molar-refractivity contribution in [3.8, 4) is 0 Å². The summed E-state index contributed by atoms with van der Waals surface area (Å²) >= 11 is 0. The summed E-state index contributed by atoms with van der Waals surface area (Å²) in [6.45, 7) is -0.237. The average Bonchev–Trinajstić information content (AvgIpc) is 2.89. The van der Waals surface area contributed by atoms with Crippen LogP contribution in [-0.4, -0.2) is 130 Å². The molecule has 0 saturated carbocycles. The number of ether oxygens (including phenoxy) is 4. The molecule has 2 amide bonds. The number of hydrogen-bond acceptors (Lipinski definition) is 12. The molecule has 2 aliphatic rings. The van der Waals surface area contributed by atoms with Crippen LogP contribution < -0.4 is 10.6 Å². The molecule has 15 nitrogen and oxygen atoms in total. The van der Waals surface area contributed by atoms with Gasteiger partial charge in [-0.15, -0.1) is 0 Å². The van der Waals surface area contributed by atoms with Crippen LogP contribution in [0.2, 0.25) is 0 Å². The Hall–Kier alpha value is -2.73. The Morgan fingerprint density at radius 2 is 1.47 bits per heavy atom. The maximum absolute atomic E-state index is 12.9. The fourth-order valence-corrected chi connectivity index (χ4v) is 4.45. The normalized spacial score (nSPS) is 35.3. The fraction of sp³-hybridized carbons (Fsp3) is 0.609. The highest BCUT2D eigenvalue weighted by molar-refractivity contribution is 6.04. The van der Waals surface area contributed by atoms with Crippen LogP contribution >= 0.6 is 0 Å². The molecule has 10 atom stereocenters. The quantitative estimate of drug-likeness (QED) is 0.151. The predicted molar refractivity (Wildman–Crippen MR) is 124 cm³/mol. The Morgan fingerprint density at radius 3 is 2.03 bits per heavy atom. The number of nitrogens with one attached hydrogen (secondary N) is 2. The third-order valence-corrected chi connectivity index (χ3v) is 6.33. The molecule has 2 fully saturated rings. The van der Waals surface area contributed by atoms with Gasteiger partial charge in [0, 0.05) is 14.0 Å². The van der Waals surface area contributed by atoms with E-state index in [1.54, 1.807) is 0 Å². The molecule has 0 spiro atoms. The molecule has 1 aromatic carbocycles. The molecule has 1 aromatic rings. The molecule has 10 unspecified atom stereocenters. The van der Waals surface area contributed by atoms with Crippen molar-refractivity contribution in [2.75, 3.05) is 20.3 Å². The monoisotopic (exact) mass is 544 g/mol. The van der Waals surface area contributed by atoms with E-state index in [0.29, 0.717) is 0 Å². The van der Waals surface area contributed by atoms with Crippen molar-refractivity contribution in [2.24, 2.45) is 0 Å². The molecular weight excluding hydrogens is 512 g/mol. The van der Waals surface area contributed by atoms with E-state index in [-0.39, 0.29) is 11.1 Å². The van der Waals surface area contributed by atoms with Gasteiger partial charge in [0.2, 0.25) is 5.91 Å². The van der Waals surface area contributed by atoms with Gasteiger partial charge in [0.25, 0.3) is 5.91 Å². The van der Waals surface area contributed by atoms with Gasteiger partial charge in [-0.1, -0.05) is 12.1 Å². The van der Waals surface area contributed by atoms with Crippen LogP contribution in [0.3, 0.4) is 0 Å². The number of aliphatic hydroxyl groups is 5. The van der Waals surface area contributed by atoms with E-state index in [1.807, 2.05) is 0 Å². The first-order chi connectivity index (χ1) is 18.0. The molecule has 8 N–H and O–H groups in total. The number of aliphatic hydroxyl groups excluding tert-OH is 5. The number of carbonyl (C=O) groups is 3. The molecule has 0 bridgehead atoms. The Kier molecular flexibility index (Phi) is 10.1. The van der Waals surface area contributed by atoms with Crippen molar-refractivity contribution < 1.29 is 64.0 Å². The van der Waals surface area contributed by atoms with Gasteiger partial charge in [-0.3, -0.25) is 9.59 Å². The number of carboxylic acid groups (broad SMARTS) is 1. The molecule has 0 aliphatic carbocycles. The number of aromatic carboxylic acids is 1. The van der Waals surface area contributed by atoms with E-state index in [1.165, 1.54) is 38.3 Å². The predicted octanol–water partition coefficient (Wildman–Crippen LogP) is -3.46. The second-order valence-electron chi connectivity index (χ2n) is 8.84. The number of carbonyl (C=O) groups excluding carboxylic acids is 2. The summed E-state index contributed by atoms with van der Waals surface area (Å²) in [5.74, 6) is -2.84. The molecular formula is C23H32N2O13. The molecule has 15 heteroatoms. The highest BCUT2D eigenvalue weighted by atomic mass is 16.7. The summed E-state index contributed by atoms with van der Waals surface area (Å²) in [6.07, 6.45) is -11.9. The minimum atomic E-state index is -1.81. The van der Waals surface area contributed by atoms with Gasteiger partial charge in [0.05, 0.1) is 30.4 Å². The van der Waals surface area contributed by atoms with Gasteiger partial charge in [-0.2, -0.15) is 0 Å². The number of carboxylic acids is 1. The van der Waals surface area contributed by atoms with E-state index in [4.69, 9.17) is 18.9 Å². The first-order valence-corrected chi connectivity index (χ1v) is 11.7. The Balaban J connectivity index is 1.85. The lowest BCUT2D eigenvalue weighted by molar-refractivity contribution is -0.336. The summed E-state index contributed by atoms with van der Waals surface area (Å²) in [4.78, 5) is 36.0. The molecule has 2 heterocycles. The molecule has 2 saturated heterocycles. The van der Waals surface area contributed by atoms with Crippen molar-refractivity contribution in [3.63, 3.8) is 0 Å². The molecule has 212 valence electrons. The highest BCUT2D eigenvalue weighted by Gasteiger charge is 2.51. The Morgan fingerprint density at radius 1 is 0.868 bits per heavy atom. The first kappa shape index (κ1) is 29.8. The molecule has 38 heavy (non-hydrogen) atoms. The highest BCUT2D eigenvalue weighted by Crippen LogP contribution is 2.29. The second-order valence-corrected chi connectivity index (χ2v) is 8.84. The third-order valence-electron chi connectivity index (χ3n) is 6.33. The Bertz CT molecular complexity index is 994. The van der Waals surface area contributed by atoms with E-state index in [0.717, 1.165) is 0 Å². The van der Waals surface area contributed by atoms with Crippen LogP contribution in [0.5, 0.6) is 0 Å². The van der Waals surface area contributed by atoms with Gasteiger partial charge in [-0.25, -0.2) is 4.79 Å². The number of amides is 2. The standard InChI is InChI=1S/C23H32N2O13/c1-9(28)24-15-17(30)19(13(8-27)37-22(15)35-2)38-23-18(31)14(16(29)12(7-26)36-23)25-20(32)10-5-3-4-6-11(10)21(33)34/h3-6,12-19,22-23,26-27,29-31H,7-8H2,1-2H3,(H,24,28)(H,25,32)(H,33,34). The minimum Gasteiger partial charge on any atom is -0.478 e. The smallest absolute Gasteiger partial charge is 0.336 e. The lowest BCUT2D eigenvalue weighted by Gasteiger charge is -2.47. The second kappa shape index (κ2) is 12.9. The van der Waals surface area contributed by atoms with Crippen LogP contribution in [0.25, 0.3) is 0 Å². The lowest BCUT2D eigenvalue weighted by atomic mass is 9.94. The van der Waals surface area contributed by atoms with Crippen molar-refractivity contribution in [1.29, 1.82) is 0 Å². The lowest BCUT2D eigenvalue weighted by Crippen LogP contribution is -2.69. The average molecular weight is 545 g/mol. The summed E-state index contributed by atoms with van der Waals surface area (Å²) < 4.78 is 21.9. The third kappa shape index (κ3) is 6.28. The maximum Gasteiger partial charge on any atom is 0.336 e. The zero-order chi connectivity index (χ0) is 28.1. The van der Waals surface area contributed by atoms with Gasteiger partial charge in [-0.05, 0) is 12.1 Å². The van der Waals surface area contributed by atoms with Gasteiger partial charge < -0.3 is 60.2 Å². The minimum absolute atomic E-state index is 0.246. The largest absolute Gasteiger partial charge is 0.478 e. The summed E-state index contributed by atoms with van der Waals surface area (Å²) in [7, 11) is 1.26. The van der Waals surface area contributed by atoms with E-state index in [9.17, 15) is 45.0 Å². The van der Waals surface area contributed by atoms with Crippen LogP contribution in [-0.2, 0) is 23.7 Å². The zero-order valence-electron chi connectivity index (χ0n) is 20.5. The first-order valence-electron chi connectivity index (χ1n) is 11.7. The van der Waals surface area contributed by atoms with Crippen molar-refractivity contribution in [3.05, 3.63) is 35.4 Å². The molecule has 3 rings (SSSR count). The summed E-state index contributed by atoms with van der Waals surface area (Å²) in [6, 6.07) is 2.63. The van der Waals surface area contributed by atoms with Crippen molar-refractivity contribution >= 4 is 17.8 Å². The molecule has 0 aromatic heterocycles. The topological polar surface area (TPSA) is 234 Å².